The van der Waals surface area contributed by atoms with E-state index < -0.39 is 0 Å². The van der Waals surface area contributed by atoms with Gasteiger partial charge in [-0.2, -0.15) is 5.10 Å². The molecule has 0 unspecified atom stereocenters. The molecule has 0 aliphatic carbocycles. The summed E-state index contributed by atoms with van der Waals surface area (Å²) in [6.45, 7) is 12.9. The highest BCUT2D eigenvalue weighted by Crippen LogP contribution is 2.24. The van der Waals surface area contributed by atoms with Gasteiger partial charge in [-0.05, 0) is 51.1 Å². The minimum atomic E-state index is 0.211. The van der Waals surface area contributed by atoms with Gasteiger partial charge < -0.3 is 10.1 Å². The molecule has 27 heavy (non-hydrogen) atoms. The van der Waals surface area contributed by atoms with Crippen LogP contribution < -0.4 is 5.32 Å². The first-order chi connectivity index (χ1) is 13.1. The lowest BCUT2D eigenvalue weighted by Crippen LogP contribution is -2.38. The van der Waals surface area contributed by atoms with Crippen LogP contribution in [0.4, 0.5) is 0 Å². The number of carbonyl (C=O) groups is 1. The minimum Gasteiger partial charge on any atom is -0.376 e. The number of likely N-dealkylation sites (tertiary alicyclic amines) is 1. The summed E-state index contributed by atoms with van der Waals surface area (Å²) >= 11 is 0. The van der Waals surface area contributed by atoms with Crippen LogP contribution >= 0.6 is 0 Å². The average Bonchev–Trinajstić information content (AvgIpc) is 3.03. The maximum Gasteiger partial charge on any atom is 0.220 e. The Morgan fingerprint density at radius 2 is 2.11 bits per heavy atom. The number of amides is 1. The third-order valence-corrected chi connectivity index (χ3v) is 5.90. The minimum absolute atomic E-state index is 0.211. The summed E-state index contributed by atoms with van der Waals surface area (Å²) in [5, 5.41) is 7.99. The quantitative estimate of drug-likeness (QED) is 0.758. The SMILES string of the molecule is CCn1nc(CN2CCC(CNC(=O)CCC(C)C)CC2)c2c1CCOC2. The van der Waals surface area contributed by atoms with Crippen LogP contribution in [0.15, 0.2) is 0 Å². The smallest absolute Gasteiger partial charge is 0.220 e. The zero-order chi connectivity index (χ0) is 19.2. The predicted octanol–water partition coefficient (Wildman–Crippen LogP) is 2.74. The highest BCUT2D eigenvalue weighted by atomic mass is 16.5. The van der Waals surface area contributed by atoms with E-state index in [9.17, 15) is 4.79 Å². The van der Waals surface area contributed by atoms with Crippen molar-refractivity contribution < 1.29 is 9.53 Å². The molecule has 0 radical (unpaired) electrons. The van der Waals surface area contributed by atoms with Gasteiger partial charge in [0.05, 0.1) is 18.9 Å². The molecule has 0 saturated carbocycles. The van der Waals surface area contributed by atoms with Crippen molar-refractivity contribution in [2.45, 2.75) is 72.6 Å². The summed E-state index contributed by atoms with van der Waals surface area (Å²) in [6, 6.07) is 0. The molecule has 1 N–H and O–H groups in total. The van der Waals surface area contributed by atoms with Gasteiger partial charge >= 0.3 is 0 Å². The lowest BCUT2D eigenvalue weighted by atomic mass is 9.96. The number of rotatable bonds is 8. The van der Waals surface area contributed by atoms with E-state index in [1.165, 1.54) is 17.0 Å². The fraction of sp³-hybridized carbons (Fsp3) is 0.810. The molecule has 1 fully saturated rings. The molecule has 1 aromatic heterocycles. The first kappa shape index (κ1) is 20.3. The van der Waals surface area contributed by atoms with Crippen LogP contribution in [0.3, 0.4) is 0 Å². The van der Waals surface area contributed by atoms with Crippen molar-refractivity contribution in [2.75, 3.05) is 26.2 Å². The number of nitrogens with zero attached hydrogens (tertiary/aromatic N) is 3. The fourth-order valence-corrected chi connectivity index (χ4v) is 4.09. The molecular formula is C21H36N4O2. The molecular weight excluding hydrogens is 340 g/mol. The zero-order valence-electron chi connectivity index (χ0n) is 17.3. The van der Waals surface area contributed by atoms with Crippen molar-refractivity contribution in [1.82, 2.24) is 20.0 Å². The van der Waals surface area contributed by atoms with Gasteiger partial charge in [0, 0.05) is 43.7 Å². The number of ether oxygens (including phenoxy) is 1. The Morgan fingerprint density at radius 1 is 1.33 bits per heavy atom. The van der Waals surface area contributed by atoms with E-state index in [-0.39, 0.29) is 5.91 Å². The molecule has 1 amide bonds. The van der Waals surface area contributed by atoms with Gasteiger partial charge in [-0.1, -0.05) is 13.8 Å². The second-order valence-corrected chi connectivity index (χ2v) is 8.45. The molecule has 6 nitrogen and oxygen atoms in total. The van der Waals surface area contributed by atoms with Gasteiger partial charge in [0.25, 0.3) is 0 Å². The Labute approximate surface area is 163 Å². The van der Waals surface area contributed by atoms with E-state index in [0.717, 1.165) is 65.0 Å². The number of nitrogens with one attached hydrogen (secondary N) is 1. The van der Waals surface area contributed by atoms with Gasteiger partial charge in [0.1, 0.15) is 0 Å². The number of fused-ring (bicyclic) bond motifs is 1. The summed E-state index contributed by atoms with van der Waals surface area (Å²) in [4.78, 5) is 14.4. The van der Waals surface area contributed by atoms with Crippen molar-refractivity contribution >= 4 is 5.91 Å². The van der Waals surface area contributed by atoms with E-state index in [2.05, 4.69) is 35.7 Å². The molecule has 6 heteroatoms. The summed E-state index contributed by atoms with van der Waals surface area (Å²) in [5.41, 5.74) is 3.90. The highest BCUT2D eigenvalue weighted by Gasteiger charge is 2.25. The number of aromatic nitrogens is 2. The van der Waals surface area contributed by atoms with E-state index in [1.807, 2.05) is 0 Å². The molecule has 3 heterocycles. The third-order valence-electron chi connectivity index (χ3n) is 5.90. The molecule has 0 bridgehead atoms. The van der Waals surface area contributed by atoms with Crippen LogP contribution in [0.5, 0.6) is 0 Å². The summed E-state index contributed by atoms with van der Waals surface area (Å²) in [5.74, 6) is 1.41. The summed E-state index contributed by atoms with van der Waals surface area (Å²) in [7, 11) is 0. The topological polar surface area (TPSA) is 59.4 Å². The molecule has 2 aliphatic heterocycles. The molecule has 2 aliphatic rings. The zero-order valence-corrected chi connectivity index (χ0v) is 17.3. The molecule has 1 saturated heterocycles. The van der Waals surface area contributed by atoms with E-state index in [4.69, 9.17) is 9.84 Å². The van der Waals surface area contributed by atoms with Gasteiger partial charge in [-0.25, -0.2) is 0 Å². The van der Waals surface area contributed by atoms with Gasteiger partial charge in [-0.15, -0.1) is 0 Å². The Balaban J connectivity index is 1.44. The van der Waals surface area contributed by atoms with E-state index in [0.29, 0.717) is 24.9 Å². The summed E-state index contributed by atoms with van der Waals surface area (Å²) in [6.07, 6.45) is 4.91. The number of hydrogen-bond donors (Lipinski definition) is 1. The van der Waals surface area contributed by atoms with Gasteiger partial charge in [0.15, 0.2) is 0 Å². The first-order valence-corrected chi connectivity index (χ1v) is 10.7. The average molecular weight is 377 g/mol. The Hall–Kier alpha value is -1.40. The van der Waals surface area contributed by atoms with Crippen LogP contribution in [0.1, 0.15) is 63.4 Å². The normalized spacial score (nSPS) is 18.7. The van der Waals surface area contributed by atoms with Gasteiger partial charge in [-0.3, -0.25) is 14.4 Å². The molecule has 0 atom stereocenters. The second-order valence-electron chi connectivity index (χ2n) is 8.45. The Kier molecular flexibility index (Phi) is 7.30. The van der Waals surface area contributed by atoms with Gasteiger partial charge in [0.2, 0.25) is 5.91 Å². The Bertz CT molecular complexity index is 618. The number of carbonyl (C=O) groups excluding carboxylic acids is 1. The fourth-order valence-electron chi connectivity index (χ4n) is 4.09. The van der Waals surface area contributed by atoms with Crippen LogP contribution in [0.25, 0.3) is 0 Å². The maximum absolute atomic E-state index is 11.9. The largest absolute Gasteiger partial charge is 0.376 e. The van der Waals surface area contributed by atoms with E-state index >= 15 is 0 Å². The standard InChI is InChI=1S/C21H36N4O2/c1-4-25-20-9-12-27-15-18(20)19(23-25)14-24-10-7-17(8-11-24)13-22-21(26)6-5-16(2)3/h16-17H,4-15H2,1-3H3,(H,22,26). The third kappa shape index (κ3) is 5.55. The van der Waals surface area contributed by atoms with Crippen LogP contribution in [0, 0.1) is 11.8 Å². The lowest BCUT2D eigenvalue weighted by Gasteiger charge is -2.31. The Morgan fingerprint density at radius 3 is 2.81 bits per heavy atom. The second kappa shape index (κ2) is 9.69. The number of hydrogen-bond acceptors (Lipinski definition) is 4. The van der Waals surface area contributed by atoms with Crippen LogP contribution in [-0.4, -0.2) is 46.8 Å². The van der Waals surface area contributed by atoms with Crippen molar-refractivity contribution in [3.8, 4) is 0 Å². The van der Waals surface area contributed by atoms with Crippen LogP contribution in [0.2, 0.25) is 0 Å². The van der Waals surface area contributed by atoms with Crippen molar-refractivity contribution in [3.63, 3.8) is 0 Å². The lowest BCUT2D eigenvalue weighted by molar-refractivity contribution is -0.121. The predicted molar refractivity (Wildman–Crippen MR) is 106 cm³/mol. The maximum atomic E-state index is 11.9. The molecule has 152 valence electrons. The van der Waals surface area contributed by atoms with E-state index in [1.54, 1.807) is 0 Å². The van der Waals surface area contributed by atoms with Crippen molar-refractivity contribution in [1.29, 1.82) is 0 Å². The van der Waals surface area contributed by atoms with Crippen molar-refractivity contribution in [2.24, 2.45) is 11.8 Å². The molecule has 0 aromatic carbocycles. The molecule has 0 spiro atoms. The number of aryl methyl sites for hydroxylation is 1. The molecule has 3 rings (SSSR count). The first-order valence-electron chi connectivity index (χ1n) is 10.7. The monoisotopic (exact) mass is 376 g/mol. The van der Waals surface area contributed by atoms with Crippen molar-refractivity contribution in [3.05, 3.63) is 17.0 Å². The summed E-state index contributed by atoms with van der Waals surface area (Å²) < 4.78 is 7.84. The van der Waals surface area contributed by atoms with Crippen LogP contribution in [-0.2, 0) is 35.6 Å². The number of piperidine rings is 1. The molecule has 1 aromatic rings. The highest BCUT2D eigenvalue weighted by molar-refractivity contribution is 5.75.